The Labute approximate surface area is 78.8 Å². The maximum absolute atomic E-state index is 11.2. The van der Waals surface area contributed by atoms with E-state index in [1.165, 1.54) is 0 Å². The predicted molar refractivity (Wildman–Crippen MR) is 49.8 cm³/mol. The monoisotopic (exact) mass is 184 g/mol. The molecule has 0 rings (SSSR count). The van der Waals surface area contributed by atoms with Crippen molar-refractivity contribution in [3.63, 3.8) is 0 Å². The van der Waals surface area contributed by atoms with Crippen LogP contribution in [0.15, 0.2) is 6.08 Å². The number of carbonyl (C=O) groups excluding carboxylic acids is 2. The SMILES string of the molecule is CC(C)CC(C)C(=O)OCC=C=O. The molecule has 3 heteroatoms. The zero-order valence-electron chi connectivity index (χ0n) is 8.37. The van der Waals surface area contributed by atoms with Crippen molar-refractivity contribution in [1.82, 2.24) is 0 Å². The molecule has 0 saturated carbocycles. The fraction of sp³-hybridized carbons (Fsp3) is 0.700. The molecule has 0 aliphatic heterocycles. The lowest BCUT2D eigenvalue weighted by molar-refractivity contribution is -0.147. The Morgan fingerprint density at radius 3 is 2.54 bits per heavy atom. The van der Waals surface area contributed by atoms with Gasteiger partial charge in [-0.3, -0.25) is 4.79 Å². The summed E-state index contributed by atoms with van der Waals surface area (Å²) in [4.78, 5) is 20.9. The van der Waals surface area contributed by atoms with Crippen molar-refractivity contribution in [3.05, 3.63) is 6.08 Å². The van der Waals surface area contributed by atoms with Crippen molar-refractivity contribution in [2.45, 2.75) is 27.2 Å². The average Bonchev–Trinajstić information content (AvgIpc) is 2.03. The molecule has 0 aromatic carbocycles. The van der Waals surface area contributed by atoms with Crippen LogP contribution in [-0.4, -0.2) is 18.5 Å². The zero-order valence-corrected chi connectivity index (χ0v) is 8.37. The van der Waals surface area contributed by atoms with Gasteiger partial charge in [0.25, 0.3) is 0 Å². The lowest BCUT2D eigenvalue weighted by Crippen LogP contribution is -2.16. The zero-order chi connectivity index (χ0) is 10.3. The molecule has 1 atom stereocenters. The maximum atomic E-state index is 11.2. The lowest BCUT2D eigenvalue weighted by atomic mass is 9.99. The summed E-state index contributed by atoms with van der Waals surface area (Å²) < 4.78 is 4.79. The number of ether oxygens (including phenoxy) is 1. The van der Waals surface area contributed by atoms with E-state index in [1.807, 2.05) is 6.92 Å². The van der Waals surface area contributed by atoms with Crippen LogP contribution in [0.25, 0.3) is 0 Å². The summed E-state index contributed by atoms with van der Waals surface area (Å²) in [6.07, 6.45) is 1.96. The molecular formula is C10H16O3. The van der Waals surface area contributed by atoms with Crippen LogP contribution in [0.5, 0.6) is 0 Å². The molecule has 0 aliphatic rings. The average molecular weight is 184 g/mol. The highest BCUT2D eigenvalue weighted by molar-refractivity contribution is 5.72. The molecule has 0 N–H and O–H groups in total. The molecular weight excluding hydrogens is 168 g/mol. The predicted octanol–water partition coefficient (Wildman–Crippen LogP) is 1.60. The molecule has 0 aromatic rings. The molecule has 0 aromatic heterocycles. The van der Waals surface area contributed by atoms with Gasteiger partial charge in [0.05, 0.1) is 5.92 Å². The standard InChI is InChI=1S/C10H16O3/c1-8(2)7-9(3)10(12)13-6-4-5-11/h4,8-9H,6-7H2,1-3H3. The van der Waals surface area contributed by atoms with Crippen LogP contribution in [0.1, 0.15) is 27.2 Å². The van der Waals surface area contributed by atoms with Crippen LogP contribution in [0.3, 0.4) is 0 Å². The van der Waals surface area contributed by atoms with Gasteiger partial charge in [-0.2, -0.15) is 0 Å². The Hall–Kier alpha value is -1.08. The van der Waals surface area contributed by atoms with Crippen molar-refractivity contribution in [2.24, 2.45) is 11.8 Å². The summed E-state index contributed by atoms with van der Waals surface area (Å²) in [5.41, 5.74) is 0. The van der Waals surface area contributed by atoms with Crippen LogP contribution in [0.2, 0.25) is 0 Å². The molecule has 3 nitrogen and oxygen atoms in total. The number of hydrogen-bond donors (Lipinski definition) is 0. The third-order valence-corrected chi connectivity index (χ3v) is 1.62. The van der Waals surface area contributed by atoms with E-state index in [2.05, 4.69) is 13.8 Å². The highest BCUT2D eigenvalue weighted by Gasteiger charge is 2.14. The molecule has 0 heterocycles. The van der Waals surface area contributed by atoms with Crippen LogP contribution in [0.4, 0.5) is 0 Å². The van der Waals surface area contributed by atoms with Gasteiger partial charge in [-0.05, 0) is 12.3 Å². The highest BCUT2D eigenvalue weighted by Crippen LogP contribution is 2.12. The lowest BCUT2D eigenvalue weighted by Gasteiger charge is -2.11. The topological polar surface area (TPSA) is 43.4 Å². The molecule has 0 bridgehead atoms. The maximum Gasteiger partial charge on any atom is 0.308 e. The Morgan fingerprint density at radius 1 is 1.46 bits per heavy atom. The Balaban J connectivity index is 3.75. The van der Waals surface area contributed by atoms with Crippen molar-refractivity contribution in [2.75, 3.05) is 6.61 Å². The Kier molecular flexibility index (Phi) is 5.90. The van der Waals surface area contributed by atoms with Gasteiger partial charge in [0.2, 0.25) is 0 Å². The number of esters is 1. The van der Waals surface area contributed by atoms with Crippen LogP contribution >= 0.6 is 0 Å². The van der Waals surface area contributed by atoms with Crippen molar-refractivity contribution < 1.29 is 14.3 Å². The third-order valence-electron chi connectivity index (χ3n) is 1.62. The van der Waals surface area contributed by atoms with Gasteiger partial charge >= 0.3 is 5.97 Å². The molecule has 0 spiro atoms. The third kappa shape index (κ3) is 6.12. The van der Waals surface area contributed by atoms with Gasteiger partial charge in [-0.1, -0.05) is 20.8 Å². The fourth-order valence-electron chi connectivity index (χ4n) is 1.10. The second-order valence-corrected chi connectivity index (χ2v) is 3.48. The van der Waals surface area contributed by atoms with Gasteiger partial charge in [0, 0.05) is 6.08 Å². The first-order valence-electron chi connectivity index (χ1n) is 4.44. The normalized spacial score (nSPS) is 12.0. The largest absolute Gasteiger partial charge is 0.460 e. The summed E-state index contributed by atoms with van der Waals surface area (Å²) in [7, 11) is 0. The molecule has 0 amide bonds. The van der Waals surface area contributed by atoms with E-state index in [4.69, 9.17) is 4.74 Å². The van der Waals surface area contributed by atoms with E-state index < -0.39 is 0 Å². The van der Waals surface area contributed by atoms with E-state index in [9.17, 15) is 9.59 Å². The molecule has 0 fully saturated rings. The van der Waals surface area contributed by atoms with E-state index in [0.29, 0.717) is 5.92 Å². The molecule has 0 radical (unpaired) electrons. The smallest absolute Gasteiger partial charge is 0.308 e. The second kappa shape index (κ2) is 6.44. The van der Waals surface area contributed by atoms with Crippen LogP contribution < -0.4 is 0 Å². The van der Waals surface area contributed by atoms with E-state index in [0.717, 1.165) is 12.5 Å². The molecule has 74 valence electrons. The first-order valence-corrected chi connectivity index (χ1v) is 4.44. The summed E-state index contributed by atoms with van der Waals surface area (Å²) in [6, 6.07) is 0. The quantitative estimate of drug-likeness (QED) is 0.481. The van der Waals surface area contributed by atoms with Crippen LogP contribution in [-0.2, 0) is 14.3 Å². The van der Waals surface area contributed by atoms with Crippen molar-refractivity contribution >= 4 is 11.9 Å². The van der Waals surface area contributed by atoms with E-state index in [-0.39, 0.29) is 18.5 Å². The summed E-state index contributed by atoms with van der Waals surface area (Å²) >= 11 is 0. The minimum absolute atomic E-state index is 0.0325. The first kappa shape index (κ1) is 11.9. The van der Waals surface area contributed by atoms with Crippen molar-refractivity contribution in [3.8, 4) is 0 Å². The van der Waals surface area contributed by atoms with E-state index in [1.54, 1.807) is 5.94 Å². The number of hydrogen-bond acceptors (Lipinski definition) is 3. The minimum atomic E-state index is -0.250. The Morgan fingerprint density at radius 2 is 2.08 bits per heavy atom. The summed E-state index contributed by atoms with van der Waals surface area (Å²) in [6.45, 7) is 5.96. The van der Waals surface area contributed by atoms with Gasteiger partial charge < -0.3 is 4.74 Å². The van der Waals surface area contributed by atoms with Crippen LogP contribution in [0, 0.1) is 11.8 Å². The van der Waals surface area contributed by atoms with Gasteiger partial charge in [0.15, 0.2) is 0 Å². The Bertz CT molecular complexity index is 202. The van der Waals surface area contributed by atoms with E-state index >= 15 is 0 Å². The molecule has 13 heavy (non-hydrogen) atoms. The van der Waals surface area contributed by atoms with Gasteiger partial charge in [-0.15, -0.1) is 0 Å². The van der Waals surface area contributed by atoms with Gasteiger partial charge in [-0.25, -0.2) is 4.79 Å². The van der Waals surface area contributed by atoms with Gasteiger partial charge in [0.1, 0.15) is 12.5 Å². The van der Waals surface area contributed by atoms with Crippen molar-refractivity contribution in [1.29, 1.82) is 0 Å². The summed E-state index contributed by atoms with van der Waals surface area (Å²) in [5, 5.41) is 0. The highest BCUT2D eigenvalue weighted by atomic mass is 16.5. The molecule has 0 saturated heterocycles. The summed E-state index contributed by atoms with van der Waals surface area (Å²) in [5.74, 6) is 1.68. The number of carbonyl (C=O) groups is 1. The first-order chi connectivity index (χ1) is 6.07. The fourth-order valence-corrected chi connectivity index (χ4v) is 1.10. The second-order valence-electron chi connectivity index (χ2n) is 3.48. The molecule has 0 aliphatic carbocycles. The minimum Gasteiger partial charge on any atom is -0.460 e. The number of rotatable bonds is 5. The molecule has 1 unspecified atom stereocenters.